The molecule has 0 amide bonds. The molecule has 0 aliphatic rings. The average Bonchev–Trinajstić information content (AvgIpc) is 2.93. The average molecular weight is 308 g/mol. The van der Waals surface area contributed by atoms with Crippen LogP contribution in [0.5, 0.6) is 0 Å². The Hall–Kier alpha value is -2.31. The highest BCUT2D eigenvalue weighted by Crippen LogP contribution is 2.26. The third-order valence-corrected chi connectivity index (χ3v) is 3.84. The van der Waals surface area contributed by atoms with E-state index in [1.807, 2.05) is 49.4 Å². The first-order valence-electron chi connectivity index (χ1n) is 8.24. The zero-order chi connectivity index (χ0) is 16.7. The van der Waals surface area contributed by atoms with Gasteiger partial charge in [0, 0.05) is 5.57 Å². The van der Waals surface area contributed by atoms with Crippen molar-refractivity contribution in [1.29, 1.82) is 0 Å². The fourth-order valence-electron chi connectivity index (χ4n) is 2.52. The molecule has 0 aliphatic carbocycles. The first-order valence-corrected chi connectivity index (χ1v) is 8.24. The largest absolute Gasteiger partial charge is 0.460 e. The maximum atomic E-state index is 11.6. The molecule has 0 radical (unpaired) electrons. The van der Waals surface area contributed by atoms with Crippen molar-refractivity contribution in [3.63, 3.8) is 0 Å². The number of carbonyl (C=O) groups is 1. The molecule has 23 heavy (non-hydrogen) atoms. The van der Waals surface area contributed by atoms with Gasteiger partial charge in [-0.25, -0.2) is 0 Å². The Balaban J connectivity index is 2.35. The maximum absolute atomic E-state index is 11.6. The molecule has 1 aromatic heterocycles. The van der Waals surface area contributed by atoms with E-state index >= 15 is 0 Å². The summed E-state index contributed by atoms with van der Waals surface area (Å²) in [6.07, 6.45) is 6.33. The van der Waals surface area contributed by atoms with Crippen molar-refractivity contribution in [3.8, 4) is 0 Å². The van der Waals surface area contributed by atoms with Crippen molar-refractivity contribution >= 4 is 17.4 Å². The van der Waals surface area contributed by atoms with E-state index in [1.54, 1.807) is 6.92 Å². The molecule has 0 saturated carbocycles. The number of hydrogen-bond acceptors (Lipinski definition) is 2. The Bertz CT molecular complexity index is 714. The van der Waals surface area contributed by atoms with Gasteiger partial charge in [-0.1, -0.05) is 50.1 Å². The van der Waals surface area contributed by atoms with Gasteiger partial charge in [-0.15, -0.1) is 5.73 Å². The smallest absolute Gasteiger partial charge is 0.163 e. The van der Waals surface area contributed by atoms with Gasteiger partial charge in [-0.2, -0.15) is 0 Å². The molecule has 0 unspecified atom stereocenters. The van der Waals surface area contributed by atoms with E-state index in [0.29, 0.717) is 11.3 Å². The first-order chi connectivity index (χ1) is 11.1. The number of furan rings is 1. The van der Waals surface area contributed by atoms with Crippen molar-refractivity contribution < 1.29 is 9.21 Å². The number of benzene rings is 1. The second-order valence-electron chi connectivity index (χ2n) is 5.77. The second-order valence-corrected chi connectivity index (χ2v) is 5.77. The Morgan fingerprint density at radius 2 is 1.96 bits per heavy atom. The standard InChI is InChI=1S/C21H24O2/c1-4-5-7-12-19(14-13-18-10-8-6-9-11-18)21-15-20(16(2)22)17(3)23-21/h6,8-11,13,15H,4-5,7,12H2,1-3H3. The second kappa shape index (κ2) is 8.36. The number of allylic oxidation sites excluding steroid dienone is 1. The summed E-state index contributed by atoms with van der Waals surface area (Å²) in [6.45, 7) is 5.60. The maximum Gasteiger partial charge on any atom is 0.163 e. The summed E-state index contributed by atoms with van der Waals surface area (Å²) in [4.78, 5) is 11.6. The predicted molar refractivity (Wildman–Crippen MR) is 95.4 cm³/mol. The summed E-state index contributed by atoms with van der Waals surface area (Å²) in [5.74, 6) is 1.48. The number of ketones is 1. The summed E-state index contributed by atoms with van der Waals surface area (Å²) in [7, 11) is 0. The third-order valence-electron chi connectivity index (χ3n) is 3.84. The van der Waals surface area contributed by atoms with Crippen LogP contribution >= 0.6 is 0 Å². The molecule has 2 rings (SSSR count). The van der Waals surface area contributed by atoms with E-state index in [1.165, 1.54) is 12.8 Å². The first kappa shape index (κ1) is 17.1. The minimum absolute atomic E-state index is 0.0393. The number of unbranched alkanes of at least 4 members (excludes halogenated alkanes) is 2. The number of aryl methyl sites for hydroxylation is 1. The molecule has 0 saturated heterocycles. The van der Waals surface area contributed by atoms with Gasteiger partial charge in [0.2, 0.25) is 0 Å². The molecule has 2 aromatic rings. The van der Waals surface area contributed by atoms with Gasteiger partial charge in [0.15, 0.2) is 5.78 Å². The fourth-order valence-corrected chi connectivity index (χ4v) is 2.52. The molecule has 0 spiro atoms. The minimum Gasteiger partial charge on any atom is -0.460 e. The Morgan fingerprint density at radius 1 is 1.22 bits per heavy atom. The van der Waals surface area contributed by atoms with Crippen LogP contribution in [-0.2, 0) is 0 Å². The summed E-state index contributed by atoms with van der Waals surface area (Å²) >= 11 is 0. The Labute approximate surface area is 138 Å². The zero-order valence-corrected chi connectivity index (χ0v) is 14.2. The zero-order valence-electron chi connectivity index (χ0n) is 14.2. The number of rotatable bonds is 7. The fraction of sp³-hybridized carbons (Fsp3) is 0.333. The Morgan fingerprint density at radius 3 is 2.57 bits per heavy atom. The van der Waals surface area contributed by atoms with Gasteiger partial charge in [0.25, 0.3) is 0 Å². The van der Waals surface area contributed by atoms with E-state index in [-0.39, 0.29) is 5.78 Å². The molecular weight excluding hydrogens is 284 g/mol. The van der Waals surface area contributed by atoms with Crippen molar-refractivity contribution in [2.75, 3.05) is 0 Å². The van der Waals surface area contributed by atoms with Gasteiger partial charge >= 0.3 is 0 Å². The summed E-state index contributed by atoms with van der Waals surface area (Å²) in [5, 5.41) is 0. The minimum atomic E-state index is 0.0393. The lowest BCUT2D eigenvalue weighted by Gasteiger charge is -2.01. The van der Waals surface area contributed by atoms with Gasteiger partial charge in [0.1, 0.15) is 11.5 Å². The summed E-state index contributed by atoms with van der Waals surface area (Å²) in [6, 6.07) is 12.0. The third kappa shape index (κ3) is 4.84. The number of carbonyl (C=O) groups excluding carboxylic acids is 1. The molecule has 1 aromatic carbocycles. The van der Waals surface area contributed by atoms with Crippen LogP contribution in [0.4, 0.5) is 0 Å². The van der Waals surface area contributed by atoms with Crippen LogP contribution in [0.2, 0.25) is 0 Å². The molecule has 0 N–H and O–H groups in total. The van der Waals surface area contributed by atoms with Gasteiger partial charge < -0.3 is 4.42 Å². The van der Waals surface area contributed by atoms with E-state index in [9.17, 15) is 4.79 Å². The lowest BCUT2D eigenvalue weighted by atomic mass is 10.0. The molecule has 0 bridgehead atoms. The van der Waals surface area contributed by atoms with Crippen LogP contribution in [0.1, 0.15) is 67.0 Å². The summed E-state index contributed by atoms with van der Waals surface area (Å²) in [5.41, 5.74) is 6.17. The summed E-state index contributed by atoms with van der Waals surface area (Å²) < 4.78 is 5.82. The number of Topliss-reactive ketones (excluding diaryl/α,β-unsaturated/α-hetero) is 1. The van der Waals surface area contributed by atoms with Gasteiger partial charge in [-0.05, 0) is 44.4 Å². The highest BCUT2D eigenvalue weighted by Gasteiger charge is 2.14. The lowest BCUT2D eigenvalue weighted by molar-refractivity contribution is 0.101. The highest BCUT2D eigenvalue weighted by molar-refractivity contribution is 5.95. The molecule has 2 heteroatoms. The van der Waals surface area contributed by atoms with E-state index in [0.717, 1.165) is 29.7 Å². The van der Waals surface area contributed by atoms with Crippen molar-refractivity contribution in [1.82, 2.24) is 0 Å². The molecule has 120 valence electrons. The lowest BCUT2D eigenvalue weighted by Crippen LogP contribution is -1.90. The molecule has 0 aliphatic heterocycles. The Kier molecular flexibility index (Phi) is 6.19. The van der Waals surface area contributed by atoms with Crippen molar-refractivity contribution in [2.45, 2.75) is 46.5 Å². The van der Waals surface area contributed by atoms with Crippen LogP contribution < -0.4 is 0 Å². The monoisotopic (exact) mass is 308 g/mol. The highest BCUT2D eigenvalue weighted by atomic mass is 16.3. The molecule has 0 atom stereocenters. The number of hydrogen-bond donors (Lipinski definition) is 0. The quantitative estimate of drug-likeness (QED) is 0.353. The van der Waals surface area contributed by atoms with Gasteiger partial charge in [0.05, 0.1) is 5.56 Å². The van der Waals surface area contributed by atoms with Crippen LogP contribution in [0, 0.1) is 6.92 Å². The van der Waals surface area contributed by atoms with Crippen molar-refractivity contribution in [3.05, 3.63) is 64.8 Å². The van der Waals surface area contributed by atoms with Crippen LogP contribution in [-0.4, -0.2) is 5.78 Å². The van der Waals surface area contributed by atoms with Crippen LogP contribution in [0.15, 0.2) is 46.5 Å². The predicted octanol–water partition coefficient (Wildman–Crippen LogP) is 6.07. The molecular formula is C21H24O2. The van der Waals surface area contributed by atoms with Crippen LogP contribution in [0.25, 0.3) is 11.6 Å². The van der Waals surface area contributed by atoms with E-state index < -0.39 is 0 Å². The normalized spacial score (nSPS) is 10.2. The molecule has 2 nitrogen and oxygen atoms in total. The van der Waals surface area contributed by atoms with Gasteiger partial charge in [-0.3, -0.25) is 4.79 Å². The van der Waals surface area contributed by atoms with Crippen LogP contribution in [0.3, 0.4) is 0 Å². The van der Waals surface area contributed by atoms with E-state index in [4.69, 9.17) is 4.42 Å². The molecule has 1 heterocycles. The SMILES string of the molecule is CCCCCC(=C=Cc1ccccc1)c1cc(C(C)=O)c(C)o1. The van der Waals surface area contributed by atoms with Crippen molar-refractivity contribution in [2.24, 2.45) is 0 Å². The topological polar surface area (TPSA) is 30.2 Å². The molecule has 0 fully saturated rings. The van der Waals surface area contributed by atoms with E-state index in [2.05, 4.69) is 12.7 Å².